The van der Waals surface area contributed by atoms with Crippen molar-refractivity contribution in [2.45, 2.75) is 20.8 Å². The summed E-state index contributed by atoms with van der Waals surface area (Å²) in [4.78, 5) is 8.36. The highest BCUT2D eigenvalue weighted by Crippen LogP contribution is 2.10. The molecule has 1 N–H and O–H groups in total. The second-order valence-electron chi connectivity index (χ2n) is 3.83. The van der Waals surface area contributed by atoms with Crippen LogP contribution >= 0.6 is 7.80 Å². The van der Waals surface area contributed by atoms with Crippen LogP contribution in [0.1, 0.15) is 19.5 Å². The molecule has 2 aromatic rings. The Bertz CT molecular complexity index is 499. The summed E-state index contributed by atoms with van der Waals surface area (Å²) >= 11 is 0. The molecule has 5 heteroatoms. The first-order chi connectivity index (χ1) is 9.58. The predicted octanol–water partition coefficient (Wildman–Crippen LogP) is 4.63. The number of benzene rings is 1. The maximum atomic E-state index is 9.59. The summed E-state index contributed by atoms with van der Waals surface area (Å²) in [5.74, 6) is 0.635. The van der Waals surface area contributed by atoms with E-state index < -0.39 is 7.80 Å². The minimum absolute atomic E-state index is 0.635. The lowest BCUT2D eigenvalue weighted by Gasteiger charge is -2.03. The molecule has 1 aromatic carbocycles. The van der Waals surface area contributed by atoms with Crippen molar-refractivity contribution in [1.82, 2.24) is 9.97 Å². The van der Waals surface area contributed by atoms with Crippen molar-refractivity contribution in [2.75, 3.05) is 18.6 Å². The average molecular weight is 292 g/mol. The Morgan fingerprint density at radius 3 is 2.10 bits per heavy atom. The molecule has 1 aromatic heterocycles. The van der Waals surface area contributed by atoms with Crippen LogP contribution in [0.5, 0.6) is 0 Å². The highest BCUT2D eigenvalue weighted by Gasteiger charge is 1.95. The first-order valence-electron chi connectivity index (χ1n) is 6.54. The van der Waals surface area contributed by atoms with Gasteiger partial charge >= 0.3 is 7.80 Å². The molecular formula is C15H23N3OP+. The Morgan fingerprint density at radius 1 is 1.05 bits per heavy atom. The van der Waals surface area contributed by atoms with Gasteiger partial charge in [0.05, 0.1) is 0 Å². The van der Waals surface area contributed by atoms with Gasteiger partial charge in [-0.15, -0.1) is 0 Å². The SMILES string of the molecule is CC.C[P+](C)=O.Cc1ccnc(Nc2ccccc2)n1. The summed E-state index contributed by atoms with van der Waals surface area (Å²) in [6, 6.07) is 11.7. The first-order valence-corrected chi connectivity index (χ1v) is 8.69. The van der Waals surface area contributed by atoms with E-state index in [1.807, 2.05) is 57.2 Å². The second-order valence-corrected chi connectivity index (χ2v) is 5.45. The fourth-order valence-corrected chi connectivity index (χ4v) is 1.16. The largest absolute Gasteiger partial charge is 0.332 e. The van der Waals surface area contributed by atoms with E-state index in [2.05, 4.69) is 15.3 Å². The quantitative estimate of drug-likeness (QED) is 0.820. The Kier molecular flexibility index (Phi) is 10.1. The third-order valence-electron chi connectivity index (χ3n) is 1.82. The van der Waals surface area contributed by atoms with Crippen LogP contribution in [0, 0.1) is 6.92 Å². The number of aryl methyl sites for hydroxylation is 1. The highest BCUT2D eigenvalue weighted by atomic mass is 31.1. The predicted molar refractivity (Wildman–Crippen MR) is 87.3 cm³/mol. The molecule has 0 amide bonds. The summed E-state index contributed by atoms with van der Waals surface area (Å²) in [6.45, 7) is 9.29. The number of nitrogens with zero attached hydrogens (tertiary/aromatic N) is 2. The van der Waals surface area contributed by atoms with E-state index in [-0.39, 0.29) is 0 Å². The number of anilines is 2. The van der Waals surface area contributed by atoms with E-state index in [1.165, 1.54) is 0 Å². The Labute approximate surface area is 122 Å². The van der Waals surface area contributed by atoms with Gasteiger partial charge in [0.1, 0.15) is 13.3 Å². The molecule has 1 heterocycles. The van der Waals surface area contributed by atoms with Crippen LogP contribution < -0.4 is 5.32 Å². The molecule has 4 nitrogen and oxygen atoms in total. The van der Waals surface area contributed by atoms with Crippen molar-refractivity contribution in [2.24, 2.45) is 0 Å². The van der Waals surface area contributed by atoms with Gasteiger partial charge in [0.25, 0.3) is 0 Å². The Morgan fingerprint density at radius 2 is 1.60 bits per heavy atom. The van der Waals surface area contributed by atoms with Gasteiger partial charge in [-0.25, -0.2) is 9.97 Å². The molecule has 0 aliphatic rings. The summed E-state index contributed by atoms with van der Waals surface area (Å²) < 4.78 is 9.59. The van der Waals surface area contributed by atoms with Crippen LogP contribution in [0.4, 0.5) is 11.6 Å². The third kappa shape index (κ3) is 9.17. The van der Waals surface area contributed by atoms with Crippen LogP contribution in [-0.2, 0) is 4.57 Å². The van der Waals surface area contributed by atoms with Crippen LogP contribution in [0.15, 0.2) is 42.6 Å². The minimum Gasteiger partial charge on any atom is -0.324 e. The summed E-state index contributed by atoms with van der Waals surface area (Å²) in [7, 11) is -0.870. The summed E-state index contributed by atoms with van der Waals surface area (Å²) in [5, 5.41) is 3.12. The van der Waals surface area contributed by atoms with Crippen molar-refractivity contribution >= 4 is 19.4 Å². The Hall–Kier alpha value is -1.80. The van der Waals surface area contributed by atoms with Crippen molar-refractivity contribution < 1.29 is 4.57 Å². The van der Waals surface area contributed by atoms with Gasteiger partial charge in [0.15, 0.2) is 0 Å². The first kappa shape index (κ1) is 18.2. The van der Waals surface area contributed by atoms with E-state index in [0.29, 0.717) is 5.95 Å². The number of nitrogens with one attached hydrogen (secondary N) is 1. The minimum atomic E-state index is -0.870. The number of para-hydroxylation sites is 1. The Balaban J connectivity index is 0.000000521. The molecule has 0 radical (unpaired) electrons. The van der Waals surface area contributed by atoms with Gasteiger partial charge in [-0.3, -0.25) is 0 Å². The molecule has 0 atom stereocenters. The van der Waals surface area contributed by atoms with Crippen molar-refractivity contribution in [1.29, 1.82) is 0 Å². The van der Waals surface area contributed by atoms with Crippen LogP contribution in [0.3, 0.4) is 0 Å². The third-order valence-corrected chi connectivity index (χ3v) is 1.82. The average Bonchev–Trinajstić information content (AvgIpc) is 2.41. The van der Waals surface area contributed by atoms with E-state index in [0.717, 1.165) is 11.4 Å². The lowest BCUT2D eigenvalue weighted by Crippen LogP contribution is -1.96. The molecular weight excluding hydrogens is 269 g/mol. The molecule has 108 valence electrons. The zero-order valence-corrected chi connectivity index (χ0v) is 13.7. The van der Waals surface area contributed by atoms with E-state index in [4.69, 9.17) is 0 Å². The molecule has 2 rings (SSSR count). The molecule has 0 aliphatic heterocycles. The molecule has 20 heavy (non-hydrogen) atoms. The molecule has 0 saturated heterocycles. The van der Waals surface area contributed by atoms with Gasteiger partial charge in [0, 0.05) is 17.6 Å². The number of hydrogen-bond donors (Lipinski definition) is 1. The number of hydrogen-bond acceptors (Lipinski definition) is 4. The van der Waals surface area contributed by atoms with Crippen molar-refractivity contribution in [3.05, 3.63) is 48.3 Å². The highest BCUT2D eigenvalue weighted by molar-refractivity contribution is 7.42. The monoisotopic (exact) mass is 292 g/mol. The second kappa shape index (κ2) is 11.1. The van der Waals surface area contributed by atoms with E-state index >= 15 is 0 Å². The summed E-state index contributed by atoms with van der Waals surface area (Å²) in [6.07, 6.45) is 1.74. The lowest BCUT2D eigenvalue weighted by molar-refractivity contribution is 0.594. The van der Waals surface area contributed by atoms with Gasteiger partial charge in [-0.05, 0) is 25.1 Å². The molecule has 0 bridgehead atoms. The van der Waals surface area contributed by atoms with Crippen LogP contribution in [0.25, 0.3) is 0 Å². The molecule has 0 saturated carbocycles. The maximum Gasteiger partial charge on any atom is 0.332 e. The molecule has 0 aliphatic carbocycles. The number of aromatic nitrogens is 2. The fourth-order valence-electron chi connectivity index (χ4n) is 1.16. The zero-order chi connectivity index (χ0) is 15.4. The standard InChI is InChI=1S/C11H11N3.C2H6OP.C2H6/c1-9-7-8-12-11(13-9)14-10-5-3-2-4-6-10;1-4(2)3;1-2/h2-8H,1H3,(H,12,13,14);1-2H3;1-2H3/q;+1;. The molecule has 0 unspecified atom stereocenters. The van der Waals surface area contributed by atoms with Crippen molar-refractivity contribution in [3.63, 3.8) is 0 Å². The fraction of sp³-hybridized carbons (Fsp3) is 0.333. The van der Waals surface area contributed by atoms with Crippen LogP contribution in [0.2, 0.25) is 0 Å². The summed E-state index contributed by atoms with van der Waals surface area (Å²) in [5.41, 5.74) is 1.96. The number of rotatable bonds is 2. The maximum absolute atomic E-state index is 9.59. The lowest BCUT2D eigenvalue weighted by atomic mass is 10.3. The normalized spacial score (nSPS) is 8.45. The smallest absolute Gasteiger partial charge is 0.324 e. The van der Waals surface area contributed by atoms with Gasteiger partial charge in [0.2, 0.25) is 5.95 Å². The van der Waals surface area contributed by atoms with Gasteiger partial charge < -0.3 is 5.32 Å². The molecule has 0 spiro atoms. The molecule has 0 fully saturated rings. The zero-order valence-electron chi connectivity index (χ0n) is 12.8. The van der Waals surface area contributed by atoms with Gasteiger partial charge in [-0.2, -0.15) is 0 Å². The van der Waals surface area contributed by atoms with E-state index in [9.17, 15) is 4.57 Å². The van der Waals surface area contributed by atoms with Gasteiger partial charge in [-0.1, -0.05) is 36.6 Å². The topological polar surface area (TPSA) is 54.9 Å². The van der Waals surface area contributed by atoms with Crippen LogP contribution in [-0.4, -0.2) is 23.3 Å². The van der Waals surface area contributed by atoms with E-state index in [1.54, 1.807) is 19.5 Å². The van der Waals surface area contributed by atoms with Crippen molar-refractivity contribution in [3.8, 4) is 0 Å².